The summed E-state index contributed by atoms with van der Waals surface area (Å²) in [5.74, 6) is 0.684. The van der Waals surface area contributed by atoms with Gasteiger partial charge in [0.1, 0.15) is 17.4 Å². The van der Waals surface area contributed by atoms with Crippen molar-refractivity contribution in [3.05, 3.63) is 40.2 Å². The molecular formula is C14H14O4. The van der Waals surface area contributed by atoms with E-state index in [0.717, 1.165) is 10.9 Å². The molecule has 1 aromatic carbocycles. The molecule has 4 heteroatoms. The molecule has 18 heavy (non-hydrogen) atoms. The molecule has 0 radical (unpaired) electrons. The van der Waals surface area contributed by atoms with Crippen LogP contribution in [0.3, 0.4) is 0 Å². The molecule has 1 aliphatic rings. The van der Waals surface area contributed by atoms with Crippen molar-refractivity contribution in [2.75, 3.05) is 0 Å². The van der Waals surface area contributed by atoms with Gasteiger partial charge in [-0.25, -0.2) is 4.79 Å². The Morgan fingerprint density at radius 2 is 2.00 bits per heavy atom. The van der Waals surface area contributed by atoms with E-state index in [2.05, 4.69) is 0 Å². The Hall–Kier alpha value is -1.81. The normalized spacial score (nSPS) is 18.7. The van der Waals surface area contributed by atoms with Crippen LogP contribution in [0.4, 0.5) is 0 Å². The Bertz CT molecular complexity index is 664. The van der Waals surface area contributed by atoms with Crippen LogP contribution in [0.15, 0.2) is 33.5 Å². The molecule has 0 unspecified atom stereocenters. The van der Waals surface area contributed by atoms with Gasteiger partial charge in [0.15, 0.2) is 0 Å². The second-order valence-corrected chi connectivity index (χ2v) is 5.18. The molecule has 0 bridgehead atoms. The molecule has 0 spiro atoms. The van der Waals surface area contributed by atoms with E-state index >= 15 is 0 Å². The number of fused-ring (bicyclic) bond motifs is 3. The first-order valence-corrected chi connectivity index (χ1v) is 5.90. The van der Waals surface area contributed by atoms with Gasteiger partial charge in [-0.05, 0) is 32.0 Å². The van der Waals surface area contributed by atoms with Gasteiger partial charge in [-0.15, -0.1) is 0 Å². The van der Waals surface area contributed by atoms with E-state index in [1.54, 1.807) is 19.9 Å². The zero-order chi connectivity index (χ0) is 12.9. The molecule has 2 aromatic rings. The molecule has 0 amide bonds. The molecular weight excluding hydrogens is 232 g/mol. The Morgan fingerprint density at radius 3 is 2.72 bits per heavy atom. The van der Waals surface area contributed by atoms with Crippen molar-refractivity contribution in [3.63, 3.8) is 0 Å². The monoisotopic (exact) mass is 246 g/mol. The van der Waals surface area contributed by atoms with Crippen molar-refractivity contribution >= 4 is 11.0 Å². The van der Waals surface area contributed by atoms with Crippen molar-refractivity contribution in [2.45, 2.75) is 32.0 Å². The van der Waals surface area contributed by atoms with Crippen molar-refractivity contribution in [1.29, 1.82) is 0 Å². The number of rotatable bonds is 1. The zero-order valence-corrected chi connectivity index (χ0v) is 10.3. The molecule has 3 rings (SSSR count). The summed E-state index contributed by atoms with van der Waals surface area (Å²) in [6.45, 7) is 3.42. The van der Waals surface area contributed by atoms with Gasteiger partial charge < -0.3 is 14.3 Å². The highest BCUT2D eigenvalue weighted by Crippen LogP contribution is 2.37. The average Bonchev–Trinajstić information content (AvgIpc) is 2.72. The number of hydrogen-bond donors (Lipinski definition) is 1. The summed E-state index contributed by atoms with van der Waals surface area (Å²) >= 11 is 0. The average molecular weight is 246 g/mol. The lowest BCUT2D eigenvalue weighted by Gasteiger charge is -2.24. The van der Waals surface area contributed by atoms with Crippen LogP contribution in [0, 0.1) is 0 Å². The summed E-state index contributed by atoms with van der Waals surface area (Å²) in [7, 11) is 0. The van der Waals surface area contributed by atoms with Crippen LogP contribution < -0.4 is 10.4 Å². The Labute approximate surface area is 104 Å². The van der Waals surface area contributed by atoms with E-state index in [1.807, 2.05) is 12.1 Å². The predicted octanol–water partition coefficient (Wildman–Crippen LogP) is 1.87. The summed E-state index contributed by atoms with van der Waals surface area (Å²) in [6, 6.07) is 6.84. The van der Waals surface area contributed by atoms with Crippen LogP contribution in [0.1, 0.15) is 19.4 Å². The Morgan fingerprint density at radius 1 is 1.28 bits per heavy atom. The van der Waals surface area contributed by atoms with Gasteiger partial charge in [0, 0.05) is 23.4 Å². The highest BCUT2D eigenvalue weighted by atomic mass is 16.5. The largest absolute Gasteiger partial charge is 0.487 e. The molecule has 0 fully saturated rings. The minimum absolute atomic E-state index is 0.316. The van der Waals surface area contributed by atoms with Crippen LogP contribution in [0.5, 0.6) is 5.75 Å². The van der Waals surface area contributed by atoms with Crippen LogP contribution in [0.25, 0.3) is 11.0 Å². The van der Waals surface area contributed by atoms with Gasteiger partial charge in [-0.1, -0.05) is 0 Å². The molecule has 4 nitrogen and oxygen atoms in total. The van der Waals surface area contributed by atoms with E-state index in [1.165, 1.54) is 6.07 Å². The maximum atomic E-state index is 11.3. The SMILES string of the molecule is CC(C)(O)[C@H]1Cc2c(ccc3ccc(=O)oc23)O1. The van der Waals surface area contributed by atoms with E-state index in [-0.39, 0.29) is 11.7 Å². The Balaban J connectivity index is 2.16. The zero-order valence-electron chi connectivity index (χ0n) is 10.3. The number of ether oxygens (including phenoxy) is 1. The number of hydrogen-bond acceptors (Lipinski definition) is 4. The molecule has 0 aliphatic carbocycles. The summed E-state index contributed by atoms with van der Waals surface area (Å²) in [4.78, 5) is 11.3. The molecule has 0 saturated heterocycles. The van der Waals surface area contributed by atoms with E-state index in [4.69, 9.17) is 9.15 Å². The number of aliphatic hydroxyl groups is 1. The minimum Gasteiger partial charge on any atom is -0.487 e. The molecule has 1 N–H and O–H groups in total. The quantitative estimate of drug-likeness (QED) is 0.780. The fourth-order valence-corrected chi connectivity index (χ4v) is 2.25. The summed E-state index contributed by atoms with van der Waals surface area (Å²) in [5.41, 5.74) is 0.118. The molecule has 2 heterocycles. The smallest absolute Gasteiger partial charge is 0.336 e. The second kappa shape index (κ2) is 3.59. The van der Waals surface area contributed by atoms with Gasteiger partial charge in [0.25, 0.3) is 0 Å². The van der Waals surface area contributed by atoms with Gasteiger partial charge in [0.05, 0.1) is 5.60 Å². The lowest BCUT2D eigenvalue weighted by molar-refractivity contribution is -0.0229. The first kappa shape index (κ1) is 11.3. The third-order valence-corrected chi connectivity index (χ3v) is 3.30. The summed E-state index contributed by atoms with van der Waals surface area (Å²) in [5, 5.41) is 10.9. The summed E-state index contributed by atoms with van der Waals surface area (Å²) < 4.78 is 11.0. The second-order valence-electron chi connectivity index (χ2n) is 5.18. The lowest BCUT2D eigenvalue weighted by atomic mass is 9.96. The van der Waals surface area contributed by atoms with E-state index in [9.17, 15) is 9.90 Å². The highest BCUT2D eigenvalue weighted by Gasteiger charge is 2.36. The molecule has 1 aromatic heterocycles. The third kappa shape index (κ3) is 1.69. The van der Waals surface area contributed by atoms with Crippen LogP contribution >= 0.6 is 0 Å². The molecule has 1 aliphatic heterocycles. The van der Waals surface area contributed by atoms with E-state index in [0.29, 0.717) is 17.8 Å². The van der Waals surface area contributed by atoms with Crippen LogP contribution in [-0.2, 0) is 6.42 Å². The van der Waals surface area contributed by atoms with Crippen molar-refractivity contribution in [1.82, 2.24) is 0 Å². The first-order valence-electron chi connectivity index (χ1n) is 5.90. The van der Waals surface area contributed by atoms with Gasteiger partial charge >= 0.3 is 5.63 Å². The number of benzene rings is 1. The van der Waals surface area contributed by atoms with E-state index < -0.39 is 5.60 Å². The standard InChI is InChI=1S/C14H14O4/c1-14(2,16)11-7-9-10(17-11)5-3-8-4-6-12(15)18-13(8)9/h3-6,11,16H,7H2,1-2H3/t11-/m1/s1. The minimum atomic E-state index is -0.930. The van der Waals surface area contributed by atoms with Crippen molar-refractivity contribution < 1.29 is 14.3 Å². The third-order valence-electron chi connectivity index (χ3n) is 3.30. The van der Waals surface area contributed by atoms with Gasteiger partial charge in [-0.2, -0.15) is 0 Å². The lowest BCUT2D eigenvalue weighted by Crippen LogP contribution is -2.39. The first-order chi connectivity index (χ1) is 8.45. The van der Waals surface area contributed by atoms with Crippen molar-refractivity contribution in [3.8, 4) is 5.75 Å². The van der Waals surface area contributed by atoms with Crippen LogP contribution in [-0.4, -0.2) is 16.8 Å². The summed E-state index contributed by atoms with van der Waals surface area (Å²) in [6.07, 6.45) is 0.229. The van der Waals surface area contributed by atoms with Gasteiger partial charge in [-0.3, -0.25) is 0 Å². The van der Waals surface area contributed by atoms with Crippen LogP contribution in [0.2, 0.25) is 0 Å². The fourth-order valence-electron chi connectivity index (χ4n) is 2.25. The predicted molar refractivity (Wildman–Crippen MR) is 66.9 cm³/mol. The topological polar surface area (TPSA) is 59.7 Å². The highest BCUT2D eigenvalue weighted by molar-refractivity contribution is 5.82. The molecule has 0 saturated carbocycles. The molecule has 94 valence electrons. The molecule has 1 atom stereocenters. The van der Waals surface area contributed by atoms with Gasteiger partial charge in [0.2, 0.25) is 0 Å². The maximum absolute atomic E-state index is 11.3. The Kier molecular flexibility index (Phi) is 2.25. The van der Waals surface area contributed by atoms with Crippen molar-refractivity contribution in [2.24, 2.45) is 0 Å². The fraction of sp³-hybridized carbons (Fsp3) is 0.357. The maximum Gasteiger partial charge on any atom is 0.336 e.